The van der Waals surface area contributed by atoms with E-state index in [4.69, 9.17) is 0 Å². The van der Waals surface area contributed by atoms with Gasteiger partial charge in [0.15, 0.2) is 0 Å². The van der Waals surface area contributed by atoms with Crippen LogP contribution in [0.25, 0.3) is 10.9 Å². The molecule has 0 spiro atoms. The molecule has 0 bridgehead atoms. The van der Waals surface area contributed by atoms with Crippen LogP contribution >= 0.6 is 11.8 Å². The third-order valence-corrected chi connectivity index (χ3v) is 6.06. The minimum absolute atomic E-state index is 0.0337. The predicted octanol–water partition coefficient (Wildman–Crippen LogP) is 5.26. The Labute approximate surface area is 153 Å². The average molecular weight is 377 g/mol. The maximum absolute atomic E-state index is 12.9. The predicted molar refractivity (Wildman–Crippen MR) is 99.5 cm³/mol. The molecule has 1 aliphatic heterocycles. The smallest absolute Gasteiger partial charge is 0.360 e. The van der Waals surface area contributed by atoms with Crippen LogP contribution in [0.1, 0.15) is 24.1 Å². The van der Waals surface area contributed by atoms with Crippen molar-refractivity contribution < 1.29 is 13.2 Å². The number of alkyl halides is 3. The van der Waals surface area contributed by atoms with E-state index in [1.165, 1.54) is 12.1 Å². The van der Waals surface area contributed by atoms with Gasteiger partial charge in [0.1, 0.15) is 0 Å². The summed E-state index contributed by atoms with van der Waals surface area (Å²) in [5.74, 6) is 1.83. The van der Waals surface area contributed by atoms with Gasteiger partial charge in [-0.25, -0.2) is 0 Å². The van der Waals surface area contributed by atoms with Crippen molar-refractivity contribution in [1.29, 1.82) is 0 Å². The fourth-order valence-electron chi connectivity index (χ4n) is 3.49. The van der Waals surface area contributed by atoms with E-state index in [0.29, 0.717) is 0 Å². The molecule has 2 atom stereocenters. The molecular weight excluding hydrogens is 359 g/mol. The van der Waals surface area contributed by atoms with Crippen molar-refractivity contribution in [3.05, 3.63) is 59.8 Å². The number of hydrogen-bond acceptors (Lipinski definition) is 3. The van der Waals surface area contributed by atoms with Crippen molar-refractivity contribution >= 4 is 28.4 Å². The molecule has 1 fully saturated rings. The molecule has 2 unspecified atom stereocenters. The molecule has 2 aromatic carbocycles. The van der Waals surface area contributed by atoms with E-state index >= 15 is 0 Å². The van der Waals surface area contributed by atoms with Gasteiger partial charge < -0.3 is 4.90 Å². The molecule has 0 radical (unpaired) electrons. The van der Waals surface area contributed by atoms with E-state index in [9.17, 15) is 13.2 Å². The molecule has 0 amide bonds. The lowest BCUT2D eigenvalue weighted by Gasteiger charge is -2.42. The normalized spacial score (nSPS) is 21.3. The minimum atomic E-state index is -4.31. The van der Waals surface area contributed by atoms with E-state index < -0.39 is 11.7 Å². The summed E-state index contributed by atoms with van der Waals surface area (Å²) in [7, 11) is 0. The first kappa shape index (κ1) is 17.3. The molecule has 1 aliphatic rings. The van der Waals surface area contributed by atoms with Crippen LogP contribution in [0, 0.1) is 0 Å². The van der Waals surface area contributed by atoms with Crippen molar-refractivity contribution in [3.8, 4) is 0 Å². The minimum Gasteiger partial charge on any atom is -0.360 e. The topological polar surface area (TPSA) is 31.9 Å². The van der Waals surface area contributed by atoms with E-state index in [2.05, 4.69) is 34.2 Å². The number of aromatic amines is 1. The maximum Gasteiger partial charge on any atom is 0.416 e. The highest BCUT2D eigenvalue weighted by molar-refractivity contribution is 7.99. The van der Waals surface area contributed by atoms with Crippen LogP contribution in [-0.2, 0) is 6.18 Å². The van der Waals surface area contributed by atoms with E-state index in [1.54, 1.807) is 18.3 Å². The third kappa shape index (κ3) is 3.16. The lowest BCUT2D eigenvalue weighted by Crippen LogP contribution is -2.43. The molecule has 7 heteroatoms. The Morgan fingerprint density at radius 2 is 1.88 bits per heavy atom. The fourth-order valence-corrected chi connectivity index (χ4v) is 4.70. The van der Waals surface area contributed by atoms with Gasteiger partial charge in [0.2, 0.25) is 0 Å². The Kier molecular flexibility index (Phi) is 4.34. The number of benzene rings is 2. The van der Waals surface area contributed by atoms with Crippen molar-refractivity contribution in [1.82, 2.24) is 10.2 Å². The summed E-state index contributed by atoms with van der Waals surface area (Å²) < 4.78 is 38.6. The molecule has 1 saturated heterocycles. The summed E-state index contributed by atoms with van der Waals surface area (Å²) >= 11 is 1.84. The standard InChI is InChI=1S/C19H18F3N3S/c1-12-10-26-11-18(13-2-5-15(6-3-13)19(20,21)22)25(12)16-7-4-14-9-23-24-17(14)8-16/h2-9,12,18H,10-11H2,1H3,(H,23,24). The number of anilines is 1. The van der Waals surface area contributed by atoms with Gasteiger partial charge in [-0.3, -0.25) is 5.10 Å². The first-order valence-corrected chi connectivity index (χ1v) is 9.55. The molecule has 1 N–H and O–H groups in total. The van der Waals surface area contributed by atoms with Crippen LogP contribution in [0.2, 0.25) is 0 Å². The number of thioether (sulfide) groups is 1. The summed E-state index contributed by atoms with van der Waals surface area (Å²) in [5.41, 5.74) is 2.31. The van der Waals surface area contributed by atoms with Crippen LogP contribution < -0.4 is 4.90 Å². The Balaban J connectivity index is 1.70. The lowest BCUT2D eigenvalue weighted by atomic mass is 10.0. The molecule has 136 valence electrons. The highest BCUT2D eigenvalue weighted by atomic mass is 32.2. The number of aromatic nitrogens is 2. The Hall–Kier alpha value is -2.15. The maximum atomic E-state index is 12.9. The van der Waals surface area contributed by atoms with Gasteiger partial charge in [-0.05, 0) is 42.8 Å². The summed E-state index contributed by atoms with van der Waals surface area (Å²) in [6.45, 7) is 2.15. The molecule has 1 aromatic heterocycles. The SMILES string of the molecule is CC1CSCC(c2ccc(C(F)(F)F)cc2)N1c1ccc2cn[nH]c2c1. The van der Waals surface area contributed by atoms with Gasteiger partial charge in [0.25, 0.3) is 0 Å². The lowest BCUT2D eigenvalue weighted by molar-refractivity contribution is -0.137. The molecule has 3 nitrogen and oxygen atoms in total. The zero-order chi connectivity index (χ0) is 18.3. The van der Waals surface area contributed by atoms with Crippen LogP contribution in [0.5, 0.6) is 0 Å². The zero-order valence-electron chi connectivity index (χ0n) is 14.1. The van der Waals surface area contributed by atoms with Crippen LogP contribution in [0.4, 0.5) is 18.9 Å². The highest BCUT2D eigenvalue weighted by Crippen LogP contribution is 2.38. The van der Waals surface area contributed by atoms with Crippen molar-refractivity contribution in [3.63, 3.8) is 0 Å². The molecule has 4 rings (SSSR count). The Morgan fingerprint density at radius 3 is 2.62 bits per heavy atom. The highest BCUT2D eigenvalue weighted by Gasteiger charge is 2.33. The Bertz CT molecular complexity index is 904. The number of nitrogens with zero attached hydrogens (tertiary/aromatic N) is 2. The van der Waals surface area contributed by atoms with Gasteiger partial charge in [-0.15, -0.1) is 0 Å². The van der Waals surface area contributed by atoms with Gasteiger partial charge in [-0.1, -0.05) is 12.1 Å². The molecular formula is C19H18F3N3S. The van der Waals surface area contributed by atoms with Crippen molar-refractivity contribution in [2.45, 2.75) is 25.2 Å². The Morgan fingerprint density at radius 1 is 1.12 bits per heavy atom. The third-order valence-electron chi connectivity index (χ3n) is 4.79. The monoisotopic (exact) mass is 377 g/mol. The van der Waals surface area contributed by atoms with Crippen LogP contribution in [0.15, 0.2) is 48.7 Å². The molecule has 3 aromatic rings. The second kappa shape index (κ2) is 6.54. The fraction of sp³-hybridized carbons (Fsp3) is 0.316. The summed E-state index contributed by atoms with van der Waals surface area (Å²) in [6, 6.07) is 12.0. The summed E-state index contributed by atoms with van der Waals surface area (Å²) in [4.78, 5) is 2.30. The number of rotatable bonds is 2. The van der Waals surface area contributed by atoms with E-state index in [-0.39, 0.29) is 12.1 Å². The quantitative estimate of drug-likeness (QED) is 0.661. The molecule has 26 heavy (non-hydrogen) atoms. The number of halogens is 3. The van der Waals surface area contributed by atoms with E-state index in [0.717, 1.165) is 33.7 Å². The molecule has 2 heterocycles. The summed E-state index contributed by atoms with van der Waals surface area (Å²) in [5, 5.41) is 8.09. The zero-order valence-corrected chi connectivity index (χ0v) is 14.9. The largest absolute Gasteiger partial charge is 0.416 e. The second-order valence-electron chi connectivity index (χ2n) is 6.57. The summed E-state index contributed by atoms with van der Waals surface area (Å²) in [6.07, 6.45) is -2.53. The number of fused-ring (bicyclic) bond motifs is 1. The van der Waals surface area contributed by atoms with Gasteiger partial charge in [-0.2, -0.15) is 30.0 Å². The first-order chi connectivity index (χ1) is 12.4. The van der Waals surface area contributed by atoms with Gasteiger partial charge >= 0.3 is 6.18 Å². The van der Waals surface area contributed by atoms with E-state index in [1.807, 2.05) is 17.8 Å². The van der Waals surface area contributed by atoms with Gasteiger partial charge in [0.05, 0.1) is 23.3 Å². The number of H-pyrrole nitrogens is 1. The van der Waals surface area contributed by atoms with Crippen molar-refractivity contribution in [2.75, 3.05) is 16.4 Å². The van der Waals surface area contributed by atoms with Crippen molar-refractivity contribution in [2.24, 2.45) is 0 Å². The average Bonchev–Trinajstić information content (AvgIpc) is 3.08. The van der Waals surface area contributed by atoms with Gasteiger partial charge in [0, 0.05) is 28.6 Å². The van der Waals surface area contributed by atoms with Crippen LogP contribution in [0.3, 0.4) is 0 Å². The first-order valence-electron chi connectivity index (χ1n) is 8.40. The molecule has 0 saturated carbocycles. The second-order valence-corrected chi connectivity index (χ2v) is 7.65. The number of hydrogen-bond donors (Lipinski definition) is 1. The number of nitrogens with one attached hydrogen (secondary N) is 1. The van der Waals surface area contributed by atoms with Crippen LogP contribution in [-0.4, -0.2) is 27.7 Å². The molecule has 0 aliphatic carbocycles.